The number of fused-ring (bicyclic) bond motifs is 2. The molecule has 0 saturated carbocycles. The fraction of sp³-hybridized carbons (Fsp3) is 0.148. The molecule has 38 heavy (non-hydrogen) atoms. The van der Waals surface area contributed by atoms with E-state index in [1.54, 1.807) is 30.9 Å². The molecule has 0 amide bonds. The summed E-state index contributed by atoms with van der Waals surface area (Å²) in [5, 5.41) is 8.33. The van der Waals surface area contributed by atoms with Gasteiger partial charge in [0.15, 0.2) is 5.82 Å². The van der Waals surface area contributed by atoms with Gasteiger partial charge in [0.1, 0.15) is 29.4 Å². The predicted molar refractivity (Wildman–Crippen MR) is 144 cm³/mol. The molecule has 0 bridgehead atoms. The van der Waals surface area contributed by atoms with E-state index in [0.29, 0.717) is 58.6 Å². The van der Waals surface area contributed by atoms with Crippen LogP contribution in [0, 0.1) is 5.82 Å². The molecule has 0 aliphatic rings. The molecule has 0 spiro atoms. The predicted octanol–water partition coefficient (Wildman–Crippen LogP) is 4.29. The topological polar surface area (TPSA) is 135 Å². The van der Waals surface area contributed by atoms with Gasteiger partial charge < -0.3 is 20.4 Å². The number of aromatic nitrogens is 7. The van der Waals surface area contributed by atoms with Crippen molar-refractivity contribution < 1.29 is 9.13 Å². The highest BCUT2D eigenvalue weighted by molar-refractivity contribution is 5.97. The molecule has 0 fully saturated rings. The van der Waals surface area contributed by atoms with Crippen LogP contribution in [0.4, 0.5) is 10.1 Å². The van der Waals surface area contributed by atoms with E-state index >= 15 is 0 Å². The Labute approximate surface area is 216 Å². The van der Waals surface area contributed by atoms with Gasteiger partial charge in [-0.2, -0.15) is 5.10 Å². The van der Waals surface area contributed by atoms with E-state index in [1.807, 2.05) is 37.2 Å². The number of benzene rings is 1. The molecule has 1 aromatic carbocycles. The average molecular weight is 510 g/mol. The number of hydrogen-bond donors (Lipinski definition) is 3. The molecular weight excluding hydrogens is 485 g/mol. The summed E-state index contributed by atoms with van der Waals surface area (Å²) in [6, 6.07) is 10.1. The number of H-pyrrole nitrogens is 2. The highest BCUT2D eigenvalue weighted by atomic mass is 19.1. The Morgan fingerprint density at radius 1 is 0.974 bits per heavy atom. The van der Waals surface area contributed by atoms with Crippen LogP contribution in [0.5, 0.6) is 5.75 Å². The van der Waals surface area contributed by atoms with Gasteiger partial charge in [-0.15, -0.1) is 0 Å². The highest BCUT2D eigenvalue weighted by Gasteiger charge is 2.18. The van der Waals surface area contributed by atoms with Crippen LogP contribution in [-0.4, -0.2) is 67.3 Å². The molecule has 0 unspecified atom stereocenters. The summed E-state index contributed by atoms with van der Waals surface area (Å²) < 4.78 is 20.3. The lowest BCUT2D eigenvalue weighted by Gasteiger charge is -2.12. The molecule has 0 aliphatic heterocycles. The van der Waals surface area contributed by atoms with Crippen LogP contribution in [0.15, 0.2) is 61.2 Å². The molecule has 190 valence electrons. The molecule has 0 aliphatic carbocycles. The minimum atomic E-state index is -0.411. The van der Waals surface area contributed by atoms with Gasteiger partial charge in [0.2, 0.25) is 0 Å². The quantitative estimate of drug-likeness (QED) is 0.290. The second kappa shape index (κ2) is 9.52. The molecule has 5 aromatic heterocycles. The standard InChI is InChI=1S/C27H24FN9O/c1-37(2)5-6-38-19-9-15(7-17(28)10-19)24-26-21(3-4-31-24)33-27(34-26)25-20-11-22(32-14-23(20)35-36-25)16-8-18(29)13-30-12-16/h3-4,7-14H,5-6,29H2,1-2H3,(H,33,34)(H,35,36). The number of aromatic amines is 2. The first kappa shape index (κ1) is 23.5. The Kier molecular flexibility index (Phi) is 5.89. The van der Waals surface area contributed by atoms with Crippen molar-refractivity contribution in [2.24, 2.45) is 0 Å². The number of nitrogen functional groups attached to an aromatic ring is 1. The number of nitrogens with two attached hydrogens (primary N) is 1. The van der Waals surface area contributed by atoms with Crippen molar-refractivity contribution in [3.8, 4) is 39.8 Å². The number of imidazole rings is 1. The number of likely N-dealkylation sites (N-methyl/N-ethyl adjacent to an activating group) is 1. The molecule has 5 heterocycles. The summed E-state index contributed by atoms with van der Waals surface area (Å²) in [5.74, 6) is 0.569. The van der Waals surface area contributed by atoms with E-state index in [1.165, 1.54) is 12.1 Å². The number of hydrogen-bond acceptors (Lipinski definition) is 8. The molecule has 10 nitrogen and oxygen atoms in total. The largest absolute Gasteiger partial charge is 0.492 e. The van der Waals surface area contributed by atoms with Crippen LogP contribution in [0.1, 0.15) is 0 Å². The fourth-order valence-corrected chi connectivity index (χ4v) is 4.24. The Bertz CT molecular complexity index is 1780. The van der Waals surface area contributed by atoms with Crippen molar-refractivity contribution in [1.82, 2.24) is 40.0 Å². The zero-order valence-corrected chi connectivity index (χ0v) is 20.7. The van der Waals surface area contributed by atoms with Crippen LogP contribution in [0.3, 0.4) is 0 Å². The number of halogens is 1. The van der Waals surface area contributed by atoms with Gasteiger partial charge in [-0.1, -0.05) is 0 Å². The second-order valence-electron chi connectivity index (χ2n) is 9.16. The molecule has 6 aromatic rings. The maximum Gasteiger partial charge on any atom is 0.159 e. The van der Waals surface area contributed by atoms with Gasteiger partial charge >= 0.3 is 0 Å². The van der Waals surface area contributed by atoms with Gasteiger partial charge in [-0.25, -0.2) is 9.37 Å². The average Bonchev–Trinajstić information content (AvgIpc) is 3.51. The van der Waals surface area contributed by atoms with Gasteiger partial charge in [0, 0.05) is 47.7 Å². The van der Waals surface area contributed by atoms with Gasteiger partial charge in [-0.05, 0) is 44.4 Å². The Hall–Kier alpha value is -4.90. The normalized spacial score (nSPS) is 11.6. The van der Waals surface area contributed by atoms with Crippen molar-refractivity contribution in [2.75, 3.05) is 33.0 Å². The van der Waals surface area contributed by atoms with Crippen LogP contribution < -0.4 is 10.5 Å². The summed E-state index contributed by atoms with van der Waals surface area (Å²) in [6.45, 7) is 1.15. The Morgan fingerprint density at radius 3 is 2.71 bits per heavy atom. The number of rotatable bonds is 7. The van der Waals surface area contributed by atoms with E-state index in [2.05, 4.69) is 30.1 Å². The van der Waals surface area contributed by atoms with Gasteiger partial charge in [0.25, 0.3) is 0 Å². The Morgan fingerprint density at radius 2 is 1.87 bits per heavy atom. The molecule has 11 heteroatoms. The molecule has 0 radical (unpaired) electrons. The summed E-state index contributed by atoms with van der Waals surface area (Å²) in [5.41, 5.74) is 11.8. The maximum atomic E-state index is 14.5. The second-order valence-corrected chi connectivity index (χ2v) is 9.16. The van der Waals surface area contributed by atoms with Crippen molar-refractivity contribution in [3.05, 3.63) is 67.0 Å². The third-order valence-electron chi connectivity index (χ3n) is 6.08. The van der Waals surface area contributed by atoms with Crippen molar-refractivity contribution in [2.45, 2.75) is 0 Å². The van der Waals surface area contributed by atoms with Gasteiger partial charge in [-0.3, -0.25) is 20.1 Å². The number of ether oxygens (including phenoxy) is 1. The zero-order valence-electron chi connectivity index (χ0n) is 20.7. The van der Waals surface area contributed by atoms with Crippen molar-refractivity contribution >= 4 is 27.6 Å². The van der Waals surface area contributed by atoms with Crippen LogP contribution in [0.2, 0.25) is 0 Å². The number of nitrogens with zero attached hydrogens (tertiary/aromatic N) is 6. The molecular formula is C27H24FN9O. The van der Waals surface area contributed by atoms with E-state index < -0.39 is 5.82 Å². The van der Waals surface area contributed by atoms with E-state index in [9.17, 15) is 4.39 Å². The van der Waals surface area contributed by atoms with Gasteiger partial charge in [0.05, 0.1) is 34.3 Å². The zero-order chi connectivity index (χ0) is 26.2. The minimum absolute atomic E-state index is 0.411. The Balaban J connectivity index is 1.40. The lowest BCUT2D eigenvalue weighted by atomic mass is 10.1. The first-order valence-electron chi connectivity index (χ1n) is 11.9. The minimum Gasteiger partial charge on any atom is -0.492 e. The first-order chi connectivity index (χ1) is 18.4. The monoisotopic (exact) mass is 509 g/mol. The molecule has 6 rings (SSSR count). The highest BCUT2D eigenvalue weighted by Crippen LogP contribution is 2.33. The smallest absolute Gasteiger partial charge is 0.159 e. The SMILES string of the molecule is CN(C)CCOc1cc(F)cc(-c2nccc3[nH]c(-c4n[nH]c5cnc(-c6cncc(N)c6)cc45)nc23)c1. The summed E-state index contributed by atoms with van der Waals surface area (Å²) in [7, 11) is 3.91. The molecule has 0 saturated heterocycles. The van der Waals surface area contributed by atoms with E-state index in [4.69, 9.17) is 15.5 Å². The third-order valence-corrected chi connectivity index (χ3v) is 6.08. The molecule has 4 N–H and O–H groups in total. The maximum absolute atomic E-state index is 14.5. The summed E-state index contributed by atoms with van der Waals surface area (Å²) in [6.07, 6.45) is 6.67. The number of nitrogens with one attached hydrogen (secondary N) is 2. The number of pyridine rings is 3. The number of anilines is 1. The van der Waals surface area contributed by atoms with Crippen LogP contribution in [0.25, 0.3) is 56.0 Å². The van der Waals surface area contributed by atoms with Crippen LogP contribution >= 0.6 is 0 Å². The van der Waals surface area contributed by atoms with E-state index in [0.717, 1.165) is 22.0 Å². The lowest BCUT2D eigenvalue weighted by Crippen LogP contribution is -2.19. The fourth-order valence-electron chi connectivity index (χ4n) is 4.24. The van der Waals surface area contributed by atoms with Crippen molar-refractivity contribution in [3.63, 3.8) is 0 Å². The lowest BCUT2D eigenvalue weighted by molar-refractivity contribution is 0.260. The summed E-state index contributed by atoms with van der Waals surface area (Å²) in [4.78, 5) is 23.3. The van der Waals surface area contributed by atoms with Crippen LogP contribution in [-0.2, 0) is 0 Å². The first-order valence-corrected chi connectivity index (χ1v) is 11.9. The molecule has 0 atom stereocenters. The summed E-state index contributed by atoms with van der Waals surface area (Å²) >= 11 is 0. The third kappa shape index (κ3) is 4.50. The van der Waals surface area contributed by atoms with E-state index in [-0.39, 0.29) is 0 Å². The van der Waals surface area contributed by atoms with Crippen molar-refractivity contribution in [1.29, 1.82) is 0 Å².